The Morgan fingerprint density at radius 3 is 2.85 bits per heavy atom. The summed E-state index contributed by atoms with van der Waals surface area (Å²) in [4.78, 5) is 40.4. The lowest BCUT2D eigenvalue weighted by Crippen LogP contribution is -2.44. The van der Waals surface area contributed by atoms with Crippen molar-refractivity contribution in [1.82, 2.24) is 24.4 Å². The minimum atomic E-state index is -1.30. The van der Waals surface area contributed by atoms with Crippen LogP contribution < -0.4 is 11.1 Å². The highest BCUT2D eigenvalue weighted by Crippen LogP contribution is 2.31. The number of nitrogens with one attached hydrogen (secondary N) is 1. The number of rotatable bonds is 4. The van der Waals surface area contributed by atoms with Crippen molar-refractivity contribution in [2.45, 2.75) is 32.1 Å². The van der Waals surface area contributed by atoms with Crippen molar-refractivity contribution in [3.8, 4) is 0 Å². The molecule has 0 radical (unpaired) electrons. The van der Waals surface area contributed by atoms with Gasteiger partial charge in [0.1, 0.15) is 47.0 Å². The zero-order valence-electron chi connectivity index (χ0n) is 18.2. The summed E-state index contributed by atoms with van der Waals surface area (Å²) in [7, 11) is 0. The van der Waals surface area contributed by atoms with Crippen LogP contribution in [0.1, 0.15) is 12.0 Å². The second-order valence-corrected chi connectivity index (χ2v) is 9.06. The number of aromatic nitrogens is 4. The summed E-state index contributed by atoms with van der Waals surface area (Å²) in [6.07, 6.45) is -0.0334. The summed E-state index contributed by atoms with van der Waals surface area (Å²) in [6.45, 7) is 1.53. The van der Waals surface area contributed by atoms with Crippen molar-refractivity contribution < 1.29 is 14.0 Å². The number of nitrogen functional groups attached to an aromatic ring is 1. The first-order valence-corrected chi connectivity index (χ1v) is 11.5. The number of benzene rings is 1. The van der Waals surface area contributed by atoms with E-state index < -0.39 is 18.1 Å². The maximum absolute atomic E-state index is 14.4. The molecule has 0 unspecified atom stereocenters. The number of amides is 2. The number of carbonyl (C=O) groups excluding carboxylic acids is 2. The van der Waals surface area contributed by atoms with Gasteiger partial charge in [0.05, 0.1) is 17.4 Å². The molecule has 2 atom stereocenters. The predicted molar refractivity (Wildman–Crippen MR) is 130 cm³/mol. The number of hydrogen-bond acceptors (Lipinski definition) is 6. The van der Waals surface area contributed by atoms with Gasteiger partial charge < -0.3 is 20.5 Å². The van der Waals surface area contributed by atoms with Gasteiger partial charge >= 0.3 is 0 Å². The smallest absolute Gasteiger partial charge is 0.248 e. The van der Waals surface area contributed by atoms with E-state index >= 15 is 0 Å². The second-order valence-electron chi connectivity index (χ2n) is 8.24. The number of nitrogens with zero attached hydrogens (tertiary/aromatic N) is 5. The Balaban J connectivity index is 1.45. The number of hydrogen-bond donors (Lipinski definition) is 2. The molecule has 0 spiro atoms. The van der Waals surface area contributed by atoms with Crippen LogP contribution in [-0.4, -0.2) is 55.0 Å². The molecule has 4 heterocycles. The van der Waals surface area contributed by atoms with E-state index in [0.29, 0.717) is 27.3 Å². The molecule has 1 saturated heterocycles. The third kappa shape index (κ3) is 3.85. The average molecular weight is 526 g/mol. The van der Waals surface area contributed by atoms with Crippen LogP contribution in [0.15, 0.2) is 47.3 Å². The molecule has 1 aliphatic rings. The number of halogens is 2. The van der Waals surface area contributed by atoms with Crippen LogP contribution in [0.25, 0.3) is 21.9 Å². The van der Waals surface area contributed by atoms with E-state index in [0.717, 1.165) is 16.5 Å². The number of likely N-dealkylation sites (tertiary alicyclic amines) is 1. The van der Waals surface area contributed by atoms with Crippen molar-refractivity contribution in [2.24, 2.45) is 0 Å². The van der Waals surface area contributed by atoms with Gasteiger partial charge in [-0.1, -0.05) is 24.3 Å². The van der Waals surface area contributed by atoms with Crippen molar-refractivity contribution in [2.75, 3.05) is 17.6 Å². The molecule has 2 amide bonds. The van der Waals surface area contributed by atoms with Crippen LogP contribution in [0.4, 0.5) is 16.0 Å². The number of fused-ring (bicyclic) bond motifs is 3. The van der Waals surface area contributed by atoms with Crippen LogP contribution >= 0.6 is 15.9 Å². The monoisotopic (exact) mass is 525 g/mol. The van der Waals surface area contributed by atoms with E-state index in [9.17, 15) is 14.0 Å². The largest absolute Gasteiger partial charge is 0.383 e. The van der Waals surface area contributed by atoms with Crippen molar-refractivity contribution in [1.29, 1.82) is 0 Å². The molecule has 4 aromatic rings. The van der Waals surface area contributed by atoms with Gasteiger partial charge in [0, 0.05) is 11.8 Å². The lowest BCUT2D eigenvalue weighted by molar-refractivity contribution is -0.137. The zero-order chi connectivity index (χ0) is 24.0. The number of aryl methyl sites for hydroxylation is 1. The average Bonchev–Trinajstić information content (AvgIpc) is 3.36. The summed E-state index contributed by atoms with van der Waals surface area (Å²) in [5.74, 6) is -0.190. The third-order valence-corrected chi connectivity index (χ3v) is 6.49. The van der Waals surface area contributed by atoms with Gasteiger partial charge in [0.15, 0.2) is 0 Å². The topological polar surface area (TPSA) is 119 Å². The zero-order valence-corrected chi connectivity index (χ0v) is 19.8. The highest BCUT2D eigenvalue weighted by Gasteiger charge is 2.40. The lowest BCUT2D eigenvalue weighted by atomic mass is 10.2. The Kier molecular flexibility index (Phi) is 5.64. The Morgan fingerprint density at radius 2 is 2.03 bits per heavy atom. The van der Waals surface area contributed by atoms with Crippen molar-refractivity contribution >= 4 is 61.3 Å². The fourth-order valence-corrected chi connectivity index (χ4v) is 4.72. The first-order valence-electron chi connectivity index (χ1n) is 10.7. The minimum Gasteiger partial charge on any atom is -0.383 e. The van der Waals surface area contributed by atoms with E-state index in [1.165, 1.54) is 11.2 Å². The normalized spacial score (nSPS) is 18.0. The van der Waals surface area contributed by atoms with E-state index in [2.05, 4.69) is 36.2 Å². The Morgan fingerprint density at radius 1 is 1.24 bits per heavy atom. The molecule has 0 aliphatic carbocycles. The number of alkyl halides is 1. The summed E-state index contributed by atoms with van der Waals surface area (Å²) in [5, 5.41) is 4.21. The van der Waals surface area contributed by atoms with Gasteiger partial charge in [-0.2, -0.15) is 0 Å². The standard InChI is InChI=1S/C23H21BrFN7O2/c1-12-6-7-17(24)29-21(12)30-23(34)16-8-13(25)9-31(16)18(33)10-32-15-5-3-2-4-14(15)19-20(26)27-11-28-22(19)32/h2-7,11,13,16H,8-10H2,1H3,(H2,26,27,28)(H,29,30,34)/t13-,16+/m1/s1. The number of pyridine rings is 1. The van der Waals surface area contributed by atoms with Crippen molar-refractivity contribution in [3.05, 3.63) is 52.9 Å². The second kappa shape index (κ2) is 8.64. The van der Waals surface area contributed by atoms with Crippen LogP contribution in [0.3, 0.4) is 0 Å². The van der Waals surface area contributed by atoms with Gasteiger partial charge in [-0.25, -0.2) is 19.3 Å². The Bertz CT molecular complexity index is 1440. The molecule has 0 saturated carbocycles. The number of para-hydroxylation sites is 1. The SMILES string of the molecule is Cc1ccc(Br)nc1NC(=O)[C@@H]1C[C@@H](F)CN1C(=O)Cn1c2ccccc2c2c(N)ncnc21. The molecule has 34 heavy (non-hydrogen) atoms. The quantitative estimate of drug-likeness (QED) is 0.395. The minimum absolute atomic E-state index is 0.0765. The van der Waals surface area contributed by atoms with Gasteiger partial charge in [0.2, 0.25) is 11.8 Å². The molecule has 5 rings (SSSR count). The highest BCUT2D eigenvalue weighted by molar-refractivity contribution is 9.10. The summed E-state index contributed by atoms with van der Waals surface area (Å²) in [6, 6.07) is 10.1. The molecule has 1 aliphatic heterocycles. The summed E-state index contributed by atoms with van der Waals surface area (Å²) in [5.41, 5.74) is 8.11. The Labute approximate surface area is 202 Å². The summed E-state index contributed by atoms with van der Waals surface area (Å²) < 4.78 is 16.7. The van der Waals surface area contributed by atoms with Crippen LogP contribution in [0, 0.1) is 6.92 Å². The predicted octanol–water partition coefficient (Wildman–Crippen LogP) is 3.21. The fraction of sp³-hybridized carbons (Fsp3) is 0.261. The van der Waals surface area contributed by atoms with Gasteiger partial charge in [-0.3, -0.25) is 9.59 Å². The molecule has 9 nitrogen and oxygen atoms in total. The van der Waals surface area contributed by atoms with Crippen molar-refractivity contribution in [3.63, 3.8) is 0 Å². The van der Waals surface area contributed by atoms with E-state index in [4.69, 9.17) is 5.73 Å². The maximum atomic E-state index is 14.4. The summed E-state index contributed by atoms with van der Waals surface area (Å²) >= 11 is 3.28. The highest BCUT2D eigenvalue weighted by atomic mass is 79.9. The molecule has 1 fully saturated rings. The lowest BCUT2D eigenvalue weighted by Gasteiger charge is -2.24. The third-order valence-electron chi connectivity index (χ3n) is 6.05. The molecule has 174 valence electrons. The van der Waals surface area contributed by atoms with Crippen LogP contribution in [0.2, 0.25) is 0 Å². The molecule has 3 N–H and O–H groups in total. The van der Waals surface area contributed by atoms with Crippen LogP contribution in [-0.2, 0) is 16.1 Å². The van der Waals surface area contributed by atoms with Gasteiger partial charge in [0.25, 0.3) is 0 Å². The molecule has 3 aromatic heterocycles. The van der Waals surface area contributed by atoms with E-state index in [-0.39, 0.29) is 25.4 Å². The number of anilines is 2. The molecule has 11 heteroatoms. The van der Waals surface area contributed by atoms with E-state index in [1.807, 2.05) is 24.3 Å². The van der Waals surface area contributed by atoms with E-state index in [1.54, 1.807) is 23.6 Å². The first kappa shape index (κ1) is 22.2. The maximum Gasteiger partial charge on any atom is 0.248 e. The molecular weight excluding hydrogens is 505 g/mol. The fourth-order valence-electron chi connectivity index (χ4n) is 4.41. The Hall–Kier alpha value is -3.60. The molecular formula is C23H21BrFN7O2. The molecule has 1 aromatic carbocycles. The number of carbonyl (C=O) groups is 2. The van der Waals surface area contributed by atoms with Gasteiger partial charge in [-0.05, 0) is 40.5 Å². The number of nitrogens with two attached hydrogens (primary N) is 1. The molecule has 0 bridgehead atoms. The van der Waals surface area contributed by atoms with Crippen LogP contribution in [0.5, 0.6) is 0 Å². The van der Waals surface area contributed by atoms with Gasteiger partial charge in [-0.15, -0.1) is 0 Å². The first-order chi connectivity index (χ1) is 16.3.